The quantitative estimate of drug-likeness (QED) is 0.924. The van der Waals surface area contributed by atoms with Gasteiger partial charge in [-0.25, -0.2) is 0 Å². The molecule has 0 bridgehead atoms. The lowest BCUT2D eigenvalue weighted by Gasteiger charge is -2.27. The van der Waals surface area contributed by atoms with Gasteiger partial charge in [-0.15, -0.1) is 12.4 Å². The van der Waals surface area contributed by atoms with E-state index in [4.69, 9.17) is 9.47 Å². The molecule has 3 rings (SSSR count). The first kappa shape index (κ1) is 15.4. The predicted octanol–water partition coefficient (Wildman–Crippen LogP) is 2.27. The highest BCUT2D eigenvalue weighted by molar-refractivity contribution is 5.85. The van der Waals surface area contributed by atoms with E-state index in [-0.39, 0.29) is 12.4 Å². The molecule has 0 amide bonds. The lowest BCUT2D eigenvalue weighted by molar-refractivity contribution is 0.174. The molecule has 0 aromatic heterocycles. The maximum absolute atomic E-state index is 5.42. The number of nitrogens with zero attached hydrogens (tertiary/aromatic N) is 1. The van der Waals surface area contributed by atoms with Crippen molar-refractivity contribution in [1.82, 2.24) is 10.2 Å². The highest BCUT2D eigenvalue weighted by Gasteiger charge is 2.17. The zero-order valence-electron chi connectivity index (χ0n) is 11.9. The van der Waals surface area contributed by atoms with Crippen LogP contribution >= 0.6 is 12.4 Å². The largest absolute Gasteiger partial charge is 0.454 e. The van der Waals surface area contributed by atoms with Crippen LogP contribution in [0.25, 0.3) is 0 Å². The Bertz CT molecular complexity index is 436. The number of benzene rings is 1. The van der Waals surface area contributed by atoms with Gasteiger partial charge in [0.1, 0.15) is 0 Å². The minimum Gasteiger partial charge on any atom is -0.454 e. The minimum atomic E-state index is 0. The summed E-state index contributed by atoms with van der Waals surface area (Å²) in [5.74, 6) is 2.53. The summed E-state index contributed by atoms with van der Waals surface area (Å²) in [4.78, 5) is 2.40. The molecule has 1 atom stereocenters. The van der Waals surface area contributed by atoms with Gasteiger partial charge in [0.25, 0.3) is 0 Å². The van der Waals surface area contributed by atoms with E-state index < -0.39 is 0 Å². The van der Waals surface area contributed by atoms with E-state index in [0.29, 0.717) is 6.79 Å². The van der Waals surface area contributed by atoms with E-state index in [9.17, 15) is 0 Å². The number of fused-ring (bicyclic) bond motifs is 1. The molecule has 2 heterocycles. The van der Waals surface area contributed by atoms with Crippen LogP contribution in [-0.4, -0.2) is 38.4 Å². The molecule has 5 heteroatoms. The minimum absolute atomic E-state index is 0. The van der Waals surface area contributed by atoms with Crippen LogP contribution in [-0.2, 0) is 6.54 Å². The Morgan fingerprint density at radius 3 is 2.95 bits per heavy atom. The molecule has 2 aliphatic heterocycles. The van der Waals surface area contributed by atoms with Crippen molar-refractivity contribution in [2.45, 2.75) is 19.4 Å². The number of hydrogen-bond donors (Lipinski definition) is 1. The fourth-order valence-corrected chi connectivity index (χ4v) is 2.94. The van der Waals surface area contributed by atoms with Crippen LogP contribution < -0.4 is 14.8 Å². The maximum Gasteiger partial charge on any atom is 0.231 e. The number of nitrogens with one attached hydrogen (secondary N) is 1. The number of rotatable bonds is 4. The molecular weight excluding hydrogens is 276 g/mol. The van der Waals surface area contributed by atoms with E-state index in [1.165, 1.54) is 24.9 Å². The summed E-state index contributed by atoms with van der Waals surface area (Å²) in [7, 11) is 2.19. The third-order valence-electron chi connectivity index (χ3n) is 3.86. The van der Waals surface area contributed by atoms with Crippen molar-refractivity contribution in [2.24, 2.45) is 5.92 Å². The molecule has 2 aliphatic rings. The van der Waals surface area contributed by atoms with E-state index in [1.54, 1.807) is 0 Å². The van der Waals surface area contributed by atoms with Crippen molar-refractivity contribution < 1.29 is 9.47 Å². The second-order valence-electron chi connectivity index (χ2n) is 5.60. The van der Waals surface area contributed by atoms with Crippen molar-refractivity contribution in [3.63, 3.8) is 0 Å². The molecule has 1 aromatic carbocycles. The zero-order valence-corrected chi connectivity index (χ0v) is 12.7. The van der Waals surface area contributed by atoms with E-state index >= 15 is 0 Å². The predicted molar refractivity (Wildman–Crippen MR) is 81.7 cm³/mol. The molecule has 0 spiro atoms. The first-order chi connectivity index (χ1) is 9.31. The third kappa shape index (κ3) is 3.78. The van der Waals surface area contributed by atoms with Gasteiger partial charge in [-0.05, 0) is 56.6 Å². The molecule has 1 N–H and O–H groups in total. The Kier molecular flexibility index (Phi) is 5.52. The topological polar surface area (TPSA) is 33.7 Å². The van der Waals surface area contributed by atoms with Gasteiger partial charge in [0, 0.05) is 13.1 Å². The zero-order chi connectivity index (χ0) is 13.1. The van der Waals surface area contributed by atoms with Crippen LogP contribution in [0.3, 0.4) is 0 Å². The number of hydrogen-bond acceptors (Lipinski definition) is 4. The summed E-state index contributed by atoms with van der Waals surface area (Å²) in [6.45, 7) is 4.81. The molecule has 112 valence electrons. The Labute approximate surface area is 126 Å². The Morgan fingerprint density at radius 2 is 2.15 bits per heavy atom. The van der Waals surface area contributed by atoms with Gasteiger partial charge >= 0.3 is 0 Å². The highest BCUT2D eigenvalue weighted by Crippen LogP contribution is 2.32. The van der Waals surface area contributed by atoms with Crippen LogP contribution in [0.1, 0.15) is 18.4 Å². The van der Waals surface area contributed by atoms with Crippen LogP contribution in [0.4, 0.5) is 0 Å². The molecule has 1 aromatic rings. The normalized spacial score (nSPS) is 20.8. The summed E-state index contributed by atoms with van der Waals surface area (Å²) in [6.07, 6.45) is 2.65. The standard InChI is InChI=1S/C15H22N2O2.ClH/c1-17(10-13-3-2-6-16-8-13)9-12-4-5-14-15(7-12)19-11-18-14;/h4-5,7,13,16H,2-3,6,8-11H2,1H3;1H. The van der Waals surface area contributed by atoms with E-state index in [1.807, 2.05) is 6.07 Å². The number of ether oxygens (including phenoxy) is 2. The SMILES string of the molecule is CN(Cc1ccc2c(c1)OCO2)CC1CCCNC1.Cl. The van der Waals surface area contributed by atoms with Crippen LogP contribution in [0.2, 0.25) is 0 Å². The third-order valence-corrected chi connectivity index (χ3v) is 3.86. The molecule has 0 saturated carbocycles. The molecule has 1 fully saturated rings. The van der Waals surface area contributed by atoms with Gasteiger partial charge < -0.3 is 19.7 Å². The second kappa shape index (κ2) is 7.16. The van der Waals surface area contributed by atoms with Crippen molar-refractivity contribution in [3.05, 3.63) is 23.8 Å². The van der Waals surface area contributed by atoms with Crippen LogP contribution in [0.5, 0.6) is 11.5 Å². The molecule has 1 saturated heterocycles. The highest BCUT2D eigenvalue weighted by atomic mass is 35.5. The molecule has 4 nitrogen and oxygen atoms in total. The number of piperidine rings is 1. The van der Waals surface area contributed by atoms with Gasteiger partial charge in [-0.2, -0.15) is 0 Å². The summed E-state index contributed by atoms with van der Waals surface area (Å²) >= 11 is 0. The van der Waals surface area contributed by atoms with Crippen molar-refractivity contribution in [1.29, 1.82) is 0 Å². The van der Waals surface area contributed by atoms with E-state index in [2.05, 4.69) is 29.4 Å². The summed E-state index contributed by atoms with van der Waals surface area (Å²) in [5.41, 5.74) is 1.29. The summed E-state index contributed by atoms with van der Waals surface area (Å²) < 4.78 is 10.8. The average molecular weight is 299 g/mol. The van der Waals surface area contributed by atoms with Crippen LogP contribution in [0.15, 0.2) is 18.2 Å². The van der Waals surface area contributed by atoms with E-state index in [0.717, 1.165) is 37.1 Å². The van der Waals surface area contributed by atoms with Crippen molar-refractivity contribution in [3.8, 4) is 11.5 Å². The molecule has 20 heavy (non-hydrogen) atoms. The van der Waals surface area contributed by atoms with Gasteiger partial charge in [0.05, 0.1) is 0 Å². The van der Waals surface area contributed by atoms with Crippen molar-refractivity contribution >= 4 is 12.4 Å². The Balaban J connectivity index is 0.00000147. The molecule has 0 radical (unpaired) electrons. The second-order valence-corrected chi connectivity index (χ2v) is 5.60. The first-order valence-corrected chi connectivity index (χ1v) is 7.09. The molecule has 0 aliphatic carbocycles. The lowest BCUT2D eigenvalue weighted by Crippen LogP contribution is -2.36. The smallest absolute Gasteiger partial charge is 0.231 e. The van der Waals surface area contributed by atoms with Gasteiger partial charge in [-0.1, -0.05) is 6.07 Å². The van der Waals surface area contributed by atoms with Gasteiger partial charge in [0.2, 0.25) is 6.79 Å². The Hall–Kier alpha value is -0.970. The fourth-order valence-electron chi connectivity index (χ4n) is 2.94. The summed E-state index contributed by atoms with van der Waals surface area (Å²) in [5, 5.41) is 3.47. The first-order valence-electron chi connectivity index (χ1n) is 7.09. The van der Waals surface area contributed by atoms with Gasteiger partial charge in [-0.3, -0.25) is 0 Å². The lowest BCUT2D eigenvalue weighted by atomic mass is 9.99. The Morgan fingerprint density at radius 1 is 1.30 bits per heavy atom. The molecular formula is C15H23ClN2O2. The average Bonchev–Trinajstić information content (AvgIpc) is 2.87. The maximum atomic E-state index is 5.42. The molecule has 1 unspecified atom stereocenters. The van der Waals surface area contributed by atoms with Crippen molar-refractivity contribution in [2.75, 3.05) is 33.5 Å². The van der Waals surface area contributed by atoms with Gasteiger partial charge in [0.15, 0.2) is 11.5 Å². The number of halogens is 1. The monoisotopic (exact) mass is 298 g/mol. The summed E-state index contributed by atoms with van der Waals surface area (Å²) in [6, 6.07) is 6.23. The van der Waals surface area contributed by atoms with Crippen LogP contribution in [0, 0.1) is 5.92 Å². The fraction of sp³-hybridized carbons (Fsp3) is 0.600.